The second kappa shape index (κ2) is 1.35. The molecule has 0 saturated heterocycles. The Labute approximate surface area is 50.0 Å². The summed E-state index contributed by atoms with van der Waals surface area (Å²) < 4.78 is 0. The Balaban J connectivity index is 2.51. The lowest BCUT2D eigenvalue weighted by molar-refractivity contribution is 0.0614. The van der Waals surface area contributed by atoms with E-state index in [1.165, 1.54) is 5.57 Å². The first-order chi connectivity index (χ1) is 3.52. The summed E-state index contributed by atoms with van der Waals surface area (Å²) in [5.41, 5.74) is 0.675. The summed E-state index contributed by atoms with van der Waals surface area (Å²) in [7, 11) is 0. The molecule has 0 spiro atoms. The Morgan fingerprint density at radius 1 is 1.75 bits per heavy atom. The summed E-state index contributed by atoms with van der Waals surface area (Å²) in [6.45, 7) is 7.41. The Bertz CT molecular complexity index is 119. The predicted octanol–water partition coefficient (Wildman–Crippen LogP) is 1.33. The summed E-state index contributed by atoms with van der Waals surface area (Å²) in [6.07, 6.45) is 1.02. The third-order valence-electron chi connectivity index (χ3n) is 1.65. The minimum Gasteiger partial charge on any atom is -0.390 e. The van der Waals surface area contributed by atoms with Crippen LogP contribution in [0.2, 0.25) is 0 Å². The van der Waals surface area contributed by atoms with E-state index in [0.717, 1.165) is 6.42 Å². The molecule has 0 bridgehead atoms. The summed E-state index contributed by atoms with van der Waals surface area (Å²) in [4.78, 5) is 0. The van der Waals surface area contributed by atoms with Crippen molar-refractivity contribution in [3.05, 3.63) is 12.2 Å². The molecule has 1 aliphatic rings. The first-order valence-electron chi connectivity index (χ1n) is 2.92. The topological polar surface area (TPSA) is 20.2 Å². The van der Waals surface area contributed by atoms with Crippen LogP contribution in [0.5, 0.6) is 0 Å². The van der Waals surface area contributed by atoms with Gasteiger partial charge in [0.2, 0.25) is 0 Å². The smallest absolute Gasteiger partial charge is 0.0659 e. The molecular formula is C7H12O. The van der Waals surface area contributed by atoms with Crippen molar-refractivity contribution in [3.8, 4) is 0 Å². The van der Waals surface area contributed by atoms with Crippen molar-refractivity contribution in [1.29, 1.82) is 0 Å². The van der Waals surface area contributed by atoms with Crippen LogP contribution in [0.25, 0.3) is 0 Å². The Morgan fingerprint density at radius 3 is 2.12 bits per heavy atom. The van der Waals surface area contributed by atoms with Gasteiger partial charge in [-0.05, 0) is 20.3 Å². The van der Waals surface area contributed by atoms with Crippen molar-refractivity contribution in [3.63, 3.8) is 0 Å². The lowest BCUT2D eigenvalue weighted by Gasteiger charge is -2.14. The molecule has 1 saturated carbocycles. The third-order valence-corrected chi connectivity index (χ3v) is 1.65. The van der Waals surface area contributed by atoms with Gasteiger partial charge in [0.05, 0.1) is 5.60 Å². The molecule has 0 aliphatic heterocycles. The zero-order chi connectivity index (χ0) is 6.36. The maximum Gasteiger partial charge on any atom is 0.0659 e. The predicted molar refractivity (Wildman–Crippen MR) is 33.5 cm³/mol. The van der Waals surface area contributed by atoms with Crippen LogP contribution >= 0.6 is 0 Å². The van der Waals surface area contributed by atoms with Gasteiger partial charge in [0, 0.05) is 5.92 Å². The number of aliphatic hydroxyl groups is 1. The van der Waals surface area contributed by atoms with Crippen LogP contribution < -0.4 is 0 Å². The van der Waals surface area contributed by atoms with Gasteiger partial charge in [-0.1, -0.05) is 12.2 Å². The zero-order valence-electron chi connectivity index (χ0n) is 5.44. The van der Waals surface area contributed by atoms with Gasteiger partial charge in [0.1, 0.15) is 0 Å². The summed E-state index contributed by atoms with van der Waals surface area (Å²) in [5, 5.41) is 9.27. The molecule has 1 rings (SSSR count). The van der Waals surface area contributed by atoms with Gasteiger partial charge in [0.15, 0.2) is 0 Å². The molecule has 1 heteroatoms. The van der Waals surface area contributed by atoms with Crippen molar-refractivity contribution in [1.82, 2.24) is 0 Å². The fourth-order valence-corrected chi connectivity index (χ4v) is 0.953. The molecule has 0 amide bonds. The molecule has 0 radical (unpaired) electrons. The normalized spacial score (nSPS) is 28.4. The molecule has 1 nitrogen and oxygen atoms in total. The van der Waals surface area contributed by atoms with E-state index in [4.69, 9.17) is 0 Å². The standard InChI is InChI=1S/C7H12O/c1-5-4-6(5)7(2,3)8/h6,8H,1,4H2,2-3H3. The van der Waals surface area contributed by atoms with E-state index in [2.05, 4.69) is 6.58 Å². The molecule has 0 aromatic rings. The van der Waals surface area contributed by atoms with E-state index in [1.807, 2.05) is 13.8 Å². The molecule has 8 heavy (non-hydrogen) atoms. The first-order valence-corrected chi connectivity index (χ1v) is 2.92. The van der Waals surface area contributed by atoms with E-state index >= 15 is 0 Å². The second-order valence-corrected chi connectivity index (χ2v) is 3.07. The van der Waals surface area contributed by atoms with Crippen molar-refractivity contribution in [2.45, 2.75) is 25.9 Å². The van der Waals surface area contributed by atoms with E-state index in [0.29, 0.717) is 5.92 Å². The third kappa shape index (κ3) is 0.920. The molecule has 1 aliphatic carbocycles. The van der Waals surface area contributed by atoms with Gasteiger partial charge in [-0.25, -0.2) is 0 Å². The van der Waals surface area contributed by atoms with E-state index in [9.17, 15) is 5.11 Å². The van der Waals surface area contributed by atoms with E-state index in [1.54, 1.807) is 0 Å². The van der Waals surface area contributed by atoms with Crippen LogP contribution in [-0.4, -0.2) is 10.7 Å². The number of hydrogen-bond acceptors (Lipinski definition) is 1. The molecule has 1 fully saturated rings. The van der Waals surface area contributed by atoms with Crippen molar-refractivity contribution >= 4 is 0 Å². The Hall–Kier alpha value is -0.300. The molecule has 1 unspecified atom stereocenters. The highest BCUT2D eigenvalue weighted by atomic mass is 16.3. The van der Waals surface area contributed by atoms with Crippen LogP contribution in [0, 0.1) is 5.92 Å². The number of rotatable bonds is 1. The van der Waals surface area contributed by atoms with Gasteiger partial charge in [-0.2, -0.15) is 0 Å². The van der Waals surface area contributed by atoms with Gasteiger partial charge >= 0.3 is 0 Å². The summed E-state index contributed by atoms with van der Waals surface area (Å²) in [6, 6.07) is 0. The van der Waals surface area contributed by atoms with Crippen LogP contribution in [0.15, 0.2) is 12.2 Å². The van der Waals surface area contributed by atoms with Crippen LogP contribution in [-0.2, 0) is 0 Å². The fourth-order valence-electron chi connectivity index (χ4n) is 0.953. The van der Waals surface area contributed by atoms with Gasteiger partial charge in [-0.3, -0.25) is 0 Å². The number of hydrogen-bond donors (Lipinski definition) is 1. The van der Waals surface area contributed by atoms with Gasteiger partial charge < -0.3 is 5.11 Å². The van der Waals surface area contributed by atoms with Crippen LogP contribution in [0.1, 0.15) is 20.3 Å². The molecule has 0 aromatic carbocycles. The highest BCUT2D eigenvalue weighted by Crippen LogP contribution is 2.43. The molecular weight excluding hydrogens is 100 g/mol. The van der Waals surface area contributed by atoms with Crippen molar-refractivity contribution in [2.24, 2.45) is 5.92 Å². The monoisotopic (exact) mass is 112 g/mol. The Morgan fingerprint density at radius 2 is 2.12 bits per heavy atom. The summed E-state index contributed by atoms with van der Waals surface area (Å²) >= 11 is 0. The van der Waals surface area contributed by atoms with Gasteiger partial charge in [-0.15, -0.1) is 0 Å². The molecule has 0 aromatic heterocycles. The van der Waals surface area contributed by atoms with E-state index < -0.39 is 5.60 Å². The molecule has 1 N–H and O–H groups in total. The maximum atomic E-state index is 9.27. The second-order valence-electron chi connectivity index (χ2n) is 3.07. The lowest BCUT2D eigenvalue weighted by atomic mass is 10.0. The maximum absolute atomic E-state index is 9.27. The highest BCUT2D eigenvalue weighted by molar-refractivity contribution is 5.23. The average Bonchev–Trinajstić information content (AvgIpc) is 2.13. The minimum absolute atomic E-state index is 0.377. The molecule has 1 atom stereocenters. The minimum atomic E-state index is -0.517. The van der Waals surface area contributed by atoms with Crippen molar-refractivity contribution in [2.75, 3.05) is 0 Å². The average molecular weight is 112 g/mol. The van der Waals surface area contributed by atoms with Crippen molar-refractivity contribution < 1.29 is 5.11 Å². The zero-order valence-corrected chi connectivity index (χ0v) is 5.44. The molecule has 0 heterocycles. The lowest BCUT2D eigenvalue weighted by Crippen LogP contribution is -2.21. The quantitative estimate of drug-likeness (QED) is 0.507. The van der Waals surface area contributed by atoms with E-state index in [-0.39, 0.29) is 0 Å². The Kier molecular flexibility index (Phi) is 0.984. The van der Waals surface area contributed by atoms with Crippen LogP contribution in [0.3, 0.4) is 0 Å². The van der Waals surface area contributed by atoms with Crippen LogP contribution in [0.4, 0.5) is 0 Å². The summed E-state index contributed by atoms with van der Waals surface area (Å²) in [5.74, 6) is 0.377. The largest absolute Gasteiger partial charge is 0.390 e. The van der Waals surface area contributed by atoms with Gasteiger partial charge in [0.25, 0.3) is 0 Å². The first kappa shape index (κ1) is 5.83. The highest BCUT2D eigenvalue weighted by Gasteiger charge is 2.39. The SMILES string of the molecule is C=C1CC1C(C)(C)O. The fraction of sp³-hybridized carbons (Fsp3) is 0.714. The molecule has 46 valence electrons.